The Balaban J connectivity index is 2.29. The molecular formula is C16H17NO5S2. The van der Waals surface area contributed by atoms with Gasteiger partial charge in [0, 0.05) is 0 Å². The number of phenolic OH excluding ortho intramolecular Hbond substituents is 1. The number of phenols is 1. The van der Waals surface area contributed by atoms with Crippen LogP contribution in [-0.4, -0.2) is 46.0 Å². The third-order valence-corrected chi connectivity index (χ3v) is 4.67. The first-order chi connectivity index (χ1) is 11.4. The summed E-state index contributed by atoms with van der Waals surface area (Å²) in [6, 6.07) is 4.00. The number of carbonyl (C=O) groups is 2. The van der Waals surface area contributed by atoms with E-state index in [1.807, 2.05) is 6.92 Å². The lowest BCUT2D eigenvalue weighted by Crippen LogP contribution is -2.42. The predicted molar refractivity (Wildman–Crippen MR) is 95.8 cm³/mol. The number of thiocarbonyl (C=S) groups is 1. The number of methoxy groups -OCH3 is 1. The van der Waals surface area contributed by atoms with Gasteiger partial charge in [0.2, 0.25) is 0 Å². The van der Waals surface area contributed by atoms with E-state index in [1.165, 1.54) is 18.1 Å². The molecule has 1 aromatic carbocycles. The standard InChI is InChI=1S/C16H17NO5S2/c1-4-22-12-7-10(5-6-11(12)18)8-13-14(19)17(16(23)24-13)9(2)15(20)21-3/h5-9,18H,4H2,1-3H3/b13-8+/t9-/m0/s1. The molecule has 1 saturated heterocycles. The van der Waals surface area contributed by atoms with Gasteiger partial charge < -0.3 is 14.6 Å². The van der Waals surface area contributed by atoms with Crippen molar-refractivity contribution in [3.05, 3.63) is 28.7 Å². The van der Waals surface area contributed by atoms with Crippen molar-refractivity contribution in [1.82, 2.24) is 4.90 Å². The molecule has 1 amide bonds. The summed E-state index contributed by atoms with van der Waals surface area (Å²) in [6.45, 7) is 3.79. The van der Waals surface area contributed by atoms with Gasteiger partial charge in [-0.2, -0.15) is 0 Å². The molecule has 0 unspecified atom stereocenters. The summed E-state index contributed by atoms with van der Waals surface area (Å²) in [5, 5.41) is 9.73. The highest BCUT2D eigenvalue weighted by molar-refractivity contribution is 8.26. The molecule has 1 aliphatic rings. The summed E-state index contributed by atoms with van der Waals surface area (Å²) in [5.41, 5.74) is 0.683. The zero-order valence-corrected chi connectivity index (χ0v) is 15.1. The molecule has 0 bridgehead atoms. The number of ether oxygens (including phenoxy) is 2. The molecule has 0 saturated carbocycles. The van der Waals surface area contributed by atoms with Gasteiger partial charge in [-0.1, -0.05) is 30.0 Å². The van der Waals surface area contributed by atoms with Crippen molar-refractivity contribution in [1.29, 1.82) is 0 Å². The summed E-state index contributed by atoms with van der Waals surface area (Å²) in [4.78, 5) is 25.8. The largest absolute Gasteiger partial charge is 0.504 e. The number of benzene rings is 1. The highest BCUT2D eigenvalue weighted by Gasteiger charge is 2.38. The predicted octanol–water partition coefficient (Wildman–Crippen LogP) is 2.55. The van der Waals surface area contributed by atoms with Crippen LogP contribution in [0.5, 0.6) is 11.5 Å². The number of amides is 1. The molecule has 1 atom stereocenters. The van der Waals surface area contributed by atoms with Crippen molar-refractivity contribution in [2.24, 2.45) is 0 Å². The number of thioether (sulfide) groups is 1. The summed E-state index contributed by atoms with van der Waals surface area (Å²) < 4.78 is 10.3. The number of carbonyl (C=O) groups excluding carboxylic acids is 2. The van der Waals surface area contributed by atoms with Crippen molar-refractivity contribution >= 4 is 46.3 Å². The molecule has 1 N–H and O–H groups in total. The first-order valence-corrected chi connectivity index (χ1v) is 8.42. The highest BCUT2D eigenvalue weighted by atomic mass is 32.2. The number of hydrogen-bond acceptors (Lipinski definition) is 7. The van der Waals surface area contributed by atoms with E-state index < -0.39 is 12.0 Å². The quantitative estimate of drug-likeness (QED) is 0.487. The Bertz CT molecular complexity index is 716. The van der Waals surface area contributed by atoms with Crippen LogP contribution in [0, 0.1) is 0 Å². The van der Waals surface area contributed by atoms with Gasteiger partial charge in [0.15, 0.2) is 11.5 Å². The fourth-order valence-corrected chi connectivity index (χ4v) is 3.55. The maximum absolute atomic E-state index is 12.5. The van der Waals surface area contributed by atoms with Crippen molar-refractivity contribution < 1.29 is 24.2 Å². The van der Waals surface area contributed by atoms with Gasteiger partial charge in [-0.3, -0.25) is 9.69 Å². The second-order valence-corrected chi connectivity index (χ2v) is 6.59. The molecule has 0 aromatic heterocycles. The molecular weight excluding hydrogens is 350 g/mol. The van der Waals surface area contributed by atoms with E-state index in [2.05, 4.69) is 4.74 Å². The Kier molecular flexibility index (Phi) is 5.84. The average Bonchev–Trinajstić information content (AvgIpc) is 2.83. The van der Waals surface area contributed by atoms with Crippen molar-refractivity contribution in [3.8, 4) is 11.5 Å². The van der Waals surface area contributed by atoms with Gasteiger partial charge in [-0.25, -0.2) is 4.79 Å². The third-order valence-electron chi connectivity index (χ3n) is 3.33. The number of hydrogen-bond donors (Lipinski definition) is 1. The van der Waals surface area contributed by atoms with Gasteiger partial charge in [0.05, 0.1) is 18.6 Å². The number of nitrogens with zero attached hydrogens (tertiary/aromatic N) is 1. The Morgan fingerprint density at radius 2 is 2.21 bits per heavy atom. The van der Waals surface area contributed by atoms with Gasteiger partial charge >= 0.3 is 5.97 Å². The molecule has 0 radical (unpaired) electrons. The van der Waals surface area contributed by atoms with Crippen LogP contribution in [0.25, 0.3) is 6.08 Å². The normalized spacial score (nSPS) is 17.3. The van der Waals surface area contributed by atoms with Crippen LogP contribution in [0.3, 0.4) is 0 Å². The molecule has 1 aromatic rings. The molecule has 1 fully saturated rings. The summed E-state index contributed by atoms with van der Waals surface area (Å²) in [7, 11) is 1.26. The summed E-state index contributed by atoms with van der Waals surface area (Å²) in [5.74, 6) is -0.518. The van der Waals surface area contributed by atoms with Gasteiger partial charge in [0.25, 0.3) is 5.91 Å². The van der Waals surface area contributed by atoms with Crippen LogP contribution in [0.1, 0.15) is 19.4 Å². The topological polar surface area (TPSA) is 76.1 Å². The van der Waals surface area contributed by atoms with Gasteiger partial charge in [-0.05, 0) is 37.6 Å². The maximum Gasteiger partial charge on any atom is 0.328 e. The van der Waals surface area contributed by atoms with E-state index in [0.717, 1.165) is 11.8 Å². The Morgan fingerprint density at radius 1 is 1.50 bits per heavy atom. The van der Waals surface area contributed by atoms with E-state index in [4.69, 9.17) is 17.0 Å². The van der Waals surface area contributed by atoms with Crippen LogP contribution >= 0.6 is 24.0 Å². The van der Waals surface area contributed by atoms with Crippen LogP contribution in [0.2, 0.25) is 0 Å². The Labute approximate surface area is 149 Å². The lowest BCUT2D eigenvalue weighted by Gasteiger charge is -2.20. The van der Waals surface area contributed by atoms with Gasteiger partial charge in [0.1, 0.15) is 10.4 Å². The van der Waals surface area contributed by atoms with Gasteiger partial charge in [-0.15, -0.1) is 0 Å². The molecule has 1 aliphatic heterocycles. The van der Waals surface area contributed by atoms with E-state index in [9.17, 15) is 14.7 Å². The molecule has 6 nitrogen and oxygen atoms in total. The first kappa shape index (κ1) is 18.3. The second-order valence-electron chi connectivity index (χ2n) is 4.91. The Morgan fingerprint density at radius 3 is 2.83 bits per heavy atom. The van der Waals surface area contributed by atoms with E-state index in [-0.39, 0.29) is 11.7 Å². The first-order valence-electron chi connectivity index (χ1n) is 7.19. The third kappa shape index (κ3) is 3.70. The molecule has 2 rings (SSSR count). The summed E-state index contributed by atoms with van der Waals surface area (Å²) >= 11 is 6.31. The minimum atomic E-state index is -0.785. The zero-order chi connectivity index (χ0) is 17.9. The van der Waals surface area contributed by atoms with Crippen LogP contribution in [0.15, 0.2) is 23.1 Å². The smallest absolute Gasteiger partial charge is 0.328 e. The van der Waals surface area contributed by atoms with Crippen LogP contribution < -0.4 is 4.74 Å². The van der Waals surface area contributed by atoms with E-state index in [1.54, 1.807) is 25.1 Å². The van der Waals surface area contributed by atoms with Crippen molar-refractivity contribution in [3.63, 3.8) is 0 Å². The Hall–Kier alpha value is -2.06. The maximum atomic E-state index is 12.5. The highest BCUT2D eigenvalue weighted by Crippen LogP contribution is 2.35. The SMILES string of the molecule is CCOc1cc(/C=C2/SC(=S)N([C@@H](C)C(=O)OC)C2=O)ccc1O. The van der Waals surface area contributed by atoms with Crippen molar-refractivity contribution in [2.45, 2.75) is 19.9 Å². The second kappa shape index (κ2) is 7.67. The van der Waals surface area contributed by atoms with Crippen molar-refractivity contribution in [2.75, 3.05) is 13.7 Å². The number of aromatic hydroxyl groups is 1. The summed E-state index contributed by atoms with van der Waals surface area (Å²) in [6.07, 6.45) is 1.64. The average molecular weight is 367 g/mol. The minimum Gasteiger partial charge on any atom is -0.504 e. The fraction of sp³-hybridized carbons (Fsp3) is 0.312. The van der Waals surface area contributed by atoms with Crippen LogP contribution in [0.4, 0.5) is 0 Å². The minimum absolute atomic E-state index is 0.0286. The number of esters is 1. The lowest BCUT2D eigenvalue weighted by molar-refractivity contribution is -0.147. The van der Waals surface area contributed by atoms with E-state index >= 15 is 0 Å². The molecule has 1 heterocycles. The molecule has 24 heavy (non-hydrogen) atoms. The molecule has 8 heteroatoms. The molecule has 0 aliphatic carbocycles. The molecule has 128 valence electrons. The van der Waals surface area contributed by atoms with E-state index in [0.29, 0.717) is 27.1 Å². The number of rotatable bonds is 5. The monoisotopic (exact) mass is 367 g/mol. The fourth-order valence-electron chi connectivity index (χ4n) is 2.13. The lowest BCUT2D eigenvalue weighted by atomic mass is 10.2. The van der Waals surface area contributed by atoms with Crippen LogP contribution in [-0.2, 0) is 14.3 Å². The zero-order valence-electron chi connectivity index (χ0n) is 13.4. The molecule has 0 spiro atoms.